The number of rotatable bonds is 5. The molecule has 1 aliphatic rings. The van der Waals surface area contributed by atoms with Crippen molar-refractivity contribution in [3.05, 3.63) is 45.0 Å². The molecule has 0 bridgehead atoms. The second kappa shape index (κ2) is 10.3. The van der Waals surface area contributed by atoms with Gasteiger partial charge in [0.15, 0.2) is 5.92 Å². The van der Waals surface area contributed by atoms with E-state index in [4.69, 9.17) is 4.74 Å². The topological polar surface area (TPSA) is 125 Å². The largest absolute Gasteiger partial charge is 0.468 e. The number of piperidine rings is 1. The fourth-order valence-corrected chi connectivity index (χ4v) is 3.32. The molecule has 2 rings (SSSR count). The van der Waals surface area contributed by atoms with Crippen LogP contribution in [0.2, 0.25) is 0 Å². The molecule has 0 atom stereocenters. The lowest BCUT2D eigenvalue weighted by Gasteiger charge is -2.31. The van der Waals surface area contributed by atoms with Crippen LogP contribution in [0.1, 0.15) is 50.7 Å². The fraction of sp³-hybridized carbons (Fsp3) is 0.500. The molecule has 1 aliphatic heterocycles. The van der Waals surface area contributed by atoms with Gasteiger partial charge in [-0.3, -0.25) is 19.7 Å². The third-order valence-electron chi connectivity index (χ3n) is 4.86. The second-order valence-electron chi connectivity index (χ2n) is 8.32. The van der Waals surface area contributed by atoms with Crippen molar-refractivity contribution in [1.29, 1.82) is 0 Å². The van der Waals surface area contributed by atoms with E-state index in [0.717, 1.165) is 19.8 Å². The molecule has 174 valence electrons. The lowest BCUT2D eigenvalue weighted by molar-refractivity contribution is -0.385. The van der Waals surface area contributed by atoms with Crippen LogP contribution in [-0.4, -0.2) is 60.8 Å². The van der Waals surface area contributed by atoms with Crippen LogP contribution < -0.4 is 0 Å². The van der Waals surface area contributed by atoms with Crippen LogP contribution in [-0.2, 0) is 23.8 Å². The number of nitrogens with zero attached hydrogens (tertiary/aromatic N) is 2. The van der Waals surface area contributed by atoms with Crippen LogP contribution in [0.5, 0.6) is 0 Å². The first kappa shape index (κ1) is 24.8. The van der Waals surface area contributed by atoms with Crippen LogP contribution >= 0.6 is 0 Å². The first-order valence-electron chi connectivity index (χ1n) is 10.1. The molecule has 10 nitrogen and oxygen atoms in total. The van der Waals surface area contributed by atoms with E-state index in [-0.39, 0.29) is 17.3 Å². The van der Waals surface area contributed by atoms with E-state index >= 15 is 0 Å². The molecule has 1 fully saturated rings. The molecule has 0 radical (unpaired) electrons. The Morgan fingerprint density at radius 3 is 2.12 bits per heavy atom. The normalized spacial score (nSPS) is 14.1. The van der Waals surface area contributed by atoms with Crippen molar-refractivity contribution in [2.75, 3.05) is 27.3 Å². The van der Waals surface area contributed by atoms with Gasteiger partial charge in [0.25, 0.3) is 5.69 Å². The quantitative estimate of drug-likeness (QED) is 0.220. The minimum atomic E-state index is -1.55. The predicted octanol–water partition coefficient (Wildman–Crippen LogP) is 3.44. The van der Waals surface area contributed by atoms with E-state index in [1.54, 1.807) is 11.0 Å². The Bertz CT molecular complexity index is 906. The maximum absolute atomic E-state index is 12.2. The number of esters is 2. The highest BCUT2D eigenvalue weighted by Gasteiger charge is 2.36. The van der Waals surface area contributed by atoms with Gasteiger partial charge in [0.2, 0.25) is 0 Å². The standard InChI is InChI=1S/C22H28N2O8/c1-22(2,3)32-21(27)23-10-8-14(9-11-23)12-15-6-7-16(17(13-15)24(28)29)18(19(25)30-4)20(26)31-5/h6-7,12-13,18H,8-11H2,1-5H3. The predicted molar refractivity (Wildman–Crippen MR) is 115 cm³/mol. The summed E-state index contributed by atoms with van der Waals surface area (Å²) in [6, 6.07) is 4.26. The van der Waals surface area contributed by atoms with Gasteiger partial charge in [-0.15, -0.1) is 0 Å². The Labute approximate surface area is 186 Å². The molecule has 1 aromatic rings. The summed E-state index contributed by atoms with van der Waals surface area (Å²) in [5.41, 5.74) is 0.515. The van der Waals surface area contributed by atoms with E-state index in [1.807, 2.05) is 26.8 Å². The number of ether oxygens (including phenoxy) is 3. The van der Waals surface area contributed by atoms with Gasteiger partial charge in [-0.1, -0.05) is 23.8 Å². The van der Waals surface area contributed by atoms with Gasteiger partial charge in [0, 0.05) is 19.2 Å². The molecule has 0 aromatic heterocycles. The number of hydrogen-bond acceptors (Lipinski definition) is 8. The summed E-state index contributed by atoms with van der Waals surface area (Å²) in [5, 5.41) is 11.6. The zero-order valence-electron chi connectivity index (χ0n) is 18.9. The van der Waals surface area contributed by atoms with Gasteiger partial charge in [0.1, 0.15) is 5.60 Å². The number of nitro groups is 1. The number of carbonyl (C=O) groups excluding carboxylic acids is 3. The SMILES string of the molecule is COC(=O)C(C(=O)OC)c1ccc(C=C2CCN(C(=O)OC(C)(C)C)CC2)cc1[N+](=O)[O-]. The molecule has 0 spiro atoms. The van der Waals surface area contributed by atoms with Crippen LogP contribution in [0.4, 0.5) is 10.5 Å². The molecule has 10 heteroatoms. The van der Waals surface area contributed by atoms with Gasteiger partial charge >= 0.3 is 18.0 Å². The van der Waals surface area contributed by atoms with Crippen LogP contribution in [0.3, 0.4) is 0 Å². The van der Waals surface area contributed by atoms with Gasteiger partial charge in [-0.2, -0.15) is 0 Å². The Hall–Kier alpha value is -3.43. The lowest BCUT2D eigenvalue weighted by Crippen LogP contribution is -2.40. The number of hydrogen-bond donors (Lipinski definition) is 0. The Balaban J connectivity index is 2.24. The molecule has 1 saturated heterocycles. The molecule has 0 unspecified atom stereocenters. The number of amides is 1. The highest BCUT2D eigenvalue weighted by Crippen LogP contribution is 2.31. The monoisotopic (exact) mass is 448 g/mol. The number of nitro benzene ring substituents is 1. The Kier molecular flexibility index (Phi) is 7.96. The van der Waals surface area contributed by atoms with Gasteiger partial charge in [0.05, 0.1) is 24.7 Å². The zero-order valence-corrected chi connectivity index (χ0v) is 18.9. The fourth-order valence-electron chi connectivity index (χ4n) is 3.32. The van der Waals surface area contributed by atoms with Crippen molar-refractivity contribution in [2.45, 2.75) is 45.1 Å². The molecule has 0 saturated carbocycles. The van der Waals surface area contributed by atoms with Crippen molar-refractivity contribution in [2.24, 2.45) is 0 Å². The average molecular weight is 448 g/mol. The van der Waals surface area contributed by atoms with E-state index < -0.39 is 28.4 Å². The number of methoxy groups -OCH3 is 2. The maximum atomic E-state index is 12.2. The number of benzene rings is 1. The second-order valence-corrected chi connectivity index (χ2v) is 8.32. The first-order valence-corrected chi connectivity index (χ1v) is 10.1. The van der Waals surface area contributed by atoms with Gasteiger partial charge < -0.3 is 19.1 Å². The minimum Gasteiger partial charge on any atom is -0.468 e. The van der Waals surface area contributed by atoms with Crippen LogP contribution in [0, 0.1) is 10.1 Å². The third kappa shape index (κ3) is 6.29. The number of carbonyl (C=O) groups is 3. The molecule has 0 aliphatic carbocycles. The molecular formula is C22H28N2O8. The average Bonchev–Trinajstić information content (AvgIpc) is 2.73. The van der Waals surface area contributed by atoms with Gasteiger partial charge in [-0.05, 0) is 39.2 Å². The Morgan fingerprint density at radius 2 is 1.66 bits per heavy atom. The molecule has 32 heavy (non-hydrogen) atoms. The summed E-state index contributed by atoms with van der Waals surface area (Å²) >= 11 is 0. The maximum Gasteiger partial charge on any atom is 0.410 e. The molecule has 1 heterocycles. The van der Waals surface area contributed by atoms with E-state index in [2.05, 4.69) is 9.47 Å². The summed E-state index contributed by atoms with van der Waals surface area (Å²) in [6.45, 7) is 6.38. The summed E-state index contributed by atoms with van der Waals surface area (Å²) in [5.74, 6) is -3.44. The summed E-state index contributed by atoms with van der Waals surface area (Å²) in [4.78, 5) is 48.9. The molecule has 0 N–H and O–H groups in total. The summed E-state index contributed by atoms with van der Waals surface area (Å²) < 4.78 is 14.6. The molecule has 1 amide bonds. The molecule has 1 aromatic carbocycles. The Morgan fingerprint density at radius 1 is 1.09 bits per heavy atom. The van der Waals surface area contributed by atoms with Crippen molar-refractivity contribution in [3.63, 3.8) is 0 Å². The highest BCUT2D eigenvalue weighted by molar-refractivity contribution is 6.01. The minimum absolute atomic E-state index is 0.101. The van der Waals surface area contributed by atoms with E-state index in [9.17, 15) is 24.5 Å². The van der Waals surface area contributed by atoms with Gasteiger partial charge in [-0.25, -0.2) is 4.79 Å². The first-order chi connectivity index (χ1) is 15.0. The van der Waals surface area contributed by atoms with Crippen molar-refractivity contribution in [1.82, 2.24) is 4.90 Å². The van der Waals surface area contributed by atoms with E-state index in [0.29, 0.717) is 31.5 Å². The highest BCUT2D eigenvalue weighted by atomic mass is 16.6. The van der Waals surface area contributed by atoms with Crippen molar-refractivity contribution < 1.29 is 33.5 Å². The van der Waals surface area contributed by atoms with Crippen molar-refractivity contribution >= 4 is 29.8 Å². The summed E-state index contributed by atoms with van der Waals surface area (Å²) in [7, 11) is 2.18. The van der Waals surface area contributed by atoms with Crippen molar-refractivity contribution in [3.8, 4) is 0 Å². The third-order valence-corrected chi connectivity index (χ3v) is 4.86. The number of likely N-dealkylation sites (tertiary alicyclic amines) is 1. The zero-order chi connectivity index (χ0) is 24.1. The van der Waals surface area contributed by atoms with Crippen LogP contribution in [0.15, 0.2) is 23.8 Å². The lowest BCUT2D eigenvalue weighted by atomic mass is 9.94. The summed E-state index contributed by atoms with van der Waals surface area (Å²) in [6.07, 6.45) is 2.64. The van der Waals surface area contributed by atoms with Crippen LogP contribution in [0.25, 0.3) is 6.08 Å². The molecular weight excluding hydrogens is 420 g/mol. The van der Waals surface area contributed by atoms with E-state index in [1.165, 1.54) is 12.1 Å². The smallest absolute Gasteiger partial charge is 0.410 e.